The molecule has 1 aromatic carbocycles. The molecule has 1 amide bonds. The lowest BCUT2D eigenvalue weighted by Crippen LogP contribution is -2.41. The largest absolute Gasteiger partial charge is 0.447 e. The average Bonchev–Trinajstić information content (AvgIpc) is 3.33. The first-order valence-corrected chi connectivity index (χ1v) is 11.8. The van der Waals surface area contributed by atoms with Gasteiger partial charge in [-0.1, -0.05) is 29.8 Å². The highest BCUT2D eigenvalue weighted by atomic mass is 16.5. The Kier molecular flexibility index (Phi) is 8.41. The second kappa shape index (κ2) is 11.9. The number of hydrogen-bond donors (Lipinski definition) is 1. The Balaban J connectivity index is 1.39. The molecule has 4 rings (SSSR count). The number of benzene rings is 1. The van der Waals surface area contributed by atoms with Gasteiger partial charge in [0.15, 0.2) is 5.69 Å². The van der Waals surface area contributed by atoms with E-state index in [2.05, 4.69) is 57.1 Å². The summed E-state index contributed by atoms with van der Waals surface area (Å²) in [5.74, 6) is 0.284. The highest BCUT2D eigenvalue weighted by molar-refractivity contribution is 5.91. The van der Waals surface area contributed by atoms with Crippen LogP contribution in [-0.4, -0.2) is 65.1 Å². The maximum Gasteiger partial charge on any atom is 0.273 e. The van der Waals surface area contributed by atoms with E-state index in [0.717, 1.165) is 51.5 Å². The molecule has 0 saturated carbocycles. The van der Waals surface area contributed by atoms with Gasteiger partial charge in [-0.15, -0.1) is 0 Å². The standard InChI is InChI=1S/C26H33N5O3/c1-20-5-6-21(2)23(14-20)17-31(9-8-30-10-12-33-13-11-30)18-25-29-24(19-34-25)26(32)28-16-22-4-3-7-27-15-22/h3-7,14-15,19H,8-13,16-18H2,1-2H3,(H,28,32). The lowest BCUT2D eigenvalue weighted by Gasteiger charge is -2.30. The van der Waals surface area contributed by atoms with Gasteiger partial charge >= 0.3 is 0 Å². The van der Waals surface area contributed by atoms with E-state index in [1.165, 1.54) is 23.0 Å². The Bertz CT molecular complexity index is 1060. The van der Waals surface area contributed by atoms with Gasteiger partial charge in [0, 0.05) is 51.7 Å². The van der Waals surface area contributed by atoms with Crippen molar-refractivity contribution in [3.63, 3.8) is 0 Å². The van der Waals surface area contributed by atoms with Crippen LogP contribution < -0.4 is 5.32 Å². The molecule has 180 valence electrons. The van der Waals surface area contributed by atoms with E-state index in [1.807, 2.05) is 12.1 Å². The molecule has 1 fully saturated rings. The van der Waals surface area contributed by atoms with E-state index in [9.17, 15) is 4.79 Å². The number of morpholine rings is 1. The number of aryl methyl sites for hydroxylation is 2. The topological polar surface area (TPSA) is 83.7 Å². The van der Waals surface area contributed by atoms with Gasteiger partial charge in [0.05, 0.1) is 19.8 Å². The van der Waals surface area contributed by atoms with Crippen molar-refractivity contribution in [2.75, 3.05) is 39.4 Å². The molecular formula is C26H33N5O3. The molecule has 1 saturated heterocycles. The van der Waals surface area contributed by atoms with E-state index < -0.39 is 0 Å². The van der Waals surface area contributed by atoms with E-state index in [4.69, 9.17) is 9.15 Å². The third-order valence-electron chi connectivity index (χ3n) is 6.05. The zero-order valence-electron chi connectivity index (χ0n) is 20.0. The zero-order chi connectivity index (χ0) is 23.8. The summed E-state index contributed by atoms with van der Waals surface area (Å²) in [4.78, 5) is 25.8. The SMILES string of the molecule is Cc1ccc(C)c(CN(CCN2CCOCC2)Cc2nc(C(=O)NCc3cccnc3)co2)c1. The van der Waals surface area contributed by atoms with Gasteiger partial charge in [0.25, 0.3) is 5.91 Å². The fraction of sp³-hybridized carbons (Fsp3) is 0.423. The molecule has 0 spiro atoms. The van der Waals surface area contributed by atoms with Crippen molar-refractivity contribution < 1.29 is 13.9 Å². The number of amides is 1. The minimum Gasteiger partial charge on any atom is -0.447 e. The minimum absolute atomic E-state index is 0.256. The van der Waals surface area contributed by atoms with Gasteiger partial charge in [-0.25, -0.2) is 4.98 Å². The number of nitrogens with zero attached hydrogens (tertiary/aromatic N) is 4. The van der Waals surface area contributed by atoms with Crippen molar-refractivity contribution >= 4 is 5.91 Å². The maximum atomic E-state index is 12.5. The summed E-state index contributed by atoms with van der Waals surface area (Å²) in [6.45, 7) is 11.3. The Hall–Kier alpha value is -3.07. The van der Waals surface area contributed by atoms with Crippen molar-refractivity contribution in [2.45, 2.75) is 33.5 Å². The summed E-state index contributed by atoms with van der Waals surface area (Å²) in [7, 11) is 0. The van der Waals surface area contributed by atoms with Crippen LogP contribution in [0.4, 0.5) is 0 Å². The van der Waals surface area contributed by atoms with Crippen LogP contribution in [0, 0.1) is 13.8 Å². The number of pyridine rings is 1. The van der Waals surface area contributed by atoms with E-state index in [1.54, 1.807) is 12.4 Å². The lowest BCUT2D eigenvalue weighted by atomic mass is 10.1. The summed E-state index contributed by atoms with van der Waals surface area (Å²) in [6.07, 6.45) is 4.87. The van der Waals surface area contributed by atoms with Crippen LogP contribution in [0.25, 0.3) is 0 Å². The van der Waals surface area contributed by atoms with Crippen LogP contribution in [-0.2, 0) is 24.4 Å². The van der Waals surface area contributed by atoms with Gasteiger partial charge in [-0.3, -0.25) is 19.6 Å². The molecule has 0 atom stereocenters. The number of aromatic nitrogens is 2. The van der Waals surface area contributed by atoms with Gasteiger partial charge in [0.2, 0.25) is 5.89 Å². The monoisotopic (exact) mass is 463 g/mol. The molecule has 0 aliphatic carbocycles. The molecule has 34 heavy (non-hydrogen) atoms. The average molecular weight is 464 g/mol. The van der Waals surface area contributed by atoms with Crippen molar-refractivity contribution in [2.24, 2.45) is 0 Å². The van der Waals surface area contributed by atoms with Crippen LogP contribution in [0.15, 0.2) is 53.4 Å². The number of carbonyl (C=O) groups excluding carboxylic acids is 1. The molecule has 2 aromatic heterocycles. The third kappa shape index (κ3) is 6.96. The molecule has 0 radical (unpaired) electrons. The van der Waals surface area contributed by atoms with E-state index in [0.29, 0.717) is 24.7 Å². The normalized spacial score (nSPS) is 14.4. The molecule has 0 unspecified atom stereocenters. The number of rotatable bonds is 10. The van der Waals surface area contributed by atoms with Crippen molar-refractivity contribution in [3.05, 3.63) is 82.8 Å². The smallest absolute Gasteiger partial charge is 0.273 e. The molecule has 8 nitrogen and oxygen atoms in total. The number of ether oxygens (including phenoxy) is 1. The fourth-order valence-electron chi connectivity index (χ4n) is 3.99. The number of nitrogens with one attached hydrogen (secondary N) is 1. The van der Waals surface area contributed by atoms with Gasteiger partial charge in [-0.2, -0.15) is 0 Å². The van der Waals surface area contributed by atoms with E-state index >= 15 is 0 Å². The third-order valence-corrected chi connectivity index (χ3v) is 6.05. The number of carbonyl (C=O) groups is 1. The van der Waals surface area contributed by atoms with E-state index in [-0.39, 0.29) is 5.91 Å². The molecule has 3 heterocycles. The first-order valence-electron chi connectivity index (χ1n) is 11.8. The molecule has 1 N–H and O–H groups in total. The molecule has 1 aliphatic rings. The summed E-state index contributed by atoms with van der Waals surface area (Å²) < 4.78 is 11.2. The quantitative estimate of drug-likeness (QED) is 0.495. The number of oxazole rings is 1. The lowest BCUT2D eigenvalue weighted by molar-refractivity contribution is 0.0320. The van der Waals surface area contributed by atoms with Crippen LogP contribution in [0.5, 0.6) is 0 Å². The summed E-state index contributed by atoms with van der Waals surface area (Å²) in [6, 6.07) is 10.3. The predicted octanol–water partition coefficient (Wildman–Crippen LogP) is 2.95. The molecular weight excluding hydrogens is 430 g/mol. The highest BCUT2D eigenvalue weighted by Gasteiger charge is 2.18. The van der Waals surface area contributed by atoms with Crippen molar-refractivity contribution in [1.29, 1.82) is 0 Å². The van der Waals surface area contributed by atoms with Crippen LogP contribution in [0.2, 0.25) is 0 Å². The van der Waals surface area contributed by atoms with Gasteiger partial charge in [-0.05, 0) is 36.6 Å². The van der Waals surface area contributed by atoms with Crippen LogP contribution >= 0.6 is 0 Å². The summed E-state index contributed by atoms with van der Waals surface area (Å²) in [5, 5.41) is 2.87. The first-order chi connectivity index (χ1) is 16.6. The van der Waals surface area contributed by atoms with Crippen LogP contribution in [0.3, 0.4) is 0 Å². The predicted molar refractivity (Wildman–Crippen MR) is 129 cm³/mol. The van der Waals surface area contributed by atoms with Gasteiger partial charge in [0.1, 0.15) is 6.26 Å². The number of hydrogen-bond acceptors (Lipinski definition) is 7. The Morgan fingerprint density at radius 2 is 2.03 bits per heavy atom. The molecule has 0 bridgehead atoms. The van der Waals surface area contributed by atoms with Crippen LogP contribution in [0.1, 0.15) is 38.6 Å². The second-order valence-corrected chi connectivity index (χ2v) is 8.77. The Morgan fingerprint density at radius 3 is 2.82 bits per heavy atom. The minimum atomic E-state index is -0.256. The second-order valence-electron chi connectivity index (χ2n) is 8.77. The maximum absolute atomic E-state index is 12.5. The highest BCUT2D eigenvalue weighted by Crippen LogP contribution is 2.16. The first kappa shape index (κ1) is 24.1. The summed E-state index contributed by atoms with van der Waals surface area (Å²) >= 11 is 0. The van der Waals surface area contributed by atoms with Gasteiger partial charge < -0.3 is 14.5 Å². The fourth-order valence-corrected chi connectivity index (χ4v) is 3.99. The van der Waals surface area contributed by atoms with Crippen molar-refractivity contribution in [1.82, 2.24) is 25.1 Å². The van der Waals surface area contributed by atoms with Crippen molar-refractivity contribution in [3.8, 4) is 0 Å². The Labute approximate surface area is 200 Å². The Morgan fingerprint density at radius 1 is 1.18 bits per heavy atom. The molecule has 3 aromatic rings. The molecule has 8 heteroatoms. The molecule has 1 aliphatic heterocycles. The summed E-state index contributed by atoms with van der Waals surface area (Å²) in [5.41, 5.74) is 5.03. The zero-order valence-corrected chi connectivity index (χ0v) is 20.0.